The summed E-state index contributed by atoms with van der Waals surface area (Å²) in [5, 5.41) is 2.94. The number of H-pyrrole nitrogens is 1. The van der Waals surface area contributed by atoms with Crippen LogP contribution in [0.4, 0.5) is 5.82 Å². The van der Waals surface area contributed by atoms with Crippen molar-refractivity contribution in [1.29, 1.82) is 0 Å². The van der Waals surface area contributed by atoms with Crippen LogP contribution < -0.4 is 10.2 Å². The average Bonchev–Trinajstić information content (AvgIpc) is 2.95. The molecule has 0 radical (unpaired) electrons. The molecule has 6 nitrogen and oxygen atoms in total. The van der Waals surface area contributed by atoms with Gasteiger partial charge in [0.25, 0.3) is 0 Å². The molecule has 0 unspecified atom stereocenters. The number of hydrogen-bond acceptors (Lipinski definition) is 4. The molecule has 1 aliphatic heterocycles. The molecular weight excluding hydrogens is 230 g/mol. The van der Waals surface area contributed by atoms with E-state index in [1.54, 1.807) is 13.1 Å². The van der Waals surface area contributed by atoms with Gasteiger partial charge < -0.3 is 15.2 Å². The minimum atomic E-state index is 0.0222. The minimum absolute atomic E-state index is 0.0222. The number of rotatable bonds is 2. The summed E-state index contributed by atoms with van der Waals surface area (Å²) < 4.78 is 0. The summed E-state index contributed by atoms with van der Waals surface area (Å²) in [6.45, 7) is 3.24. The molecule has 1 aliphatic rings. The van der Waals surface area contributed by atoms with Crippen LogP contribution in [0.15, 0.2) is 18.5 Å². The number of fused-ring (bicyclic) bond motifs is 1. The highest BCUT2D eigenvalue weighted by molar-refractivity contribution is 5.74. The number of nitrogens with one attached hydrogen (secondary N) is 2. The Balaban J connectivity index is 1.77. The lowest BCUT2D eigenvalue weighted by Gasteiger charge is -2.17. The molecule has 0 saturated carbocycles. The van der Waals surface area contributed by atoms with Crippen molar-refractivity contribution in [3.8, 4) is 0 Å². The normalized spacial score (nSPS) is 19.4. The molecule has 1 saturated heterocycles. The fraction of sp³-hybridized carbons (Fsp3) is 0.417. The van der Waals surface area contributed by atoms with Gasteiger partial charge in [-0.3, -0.25) is 4.79 Å². The van der Waals surface area contributed by atoms with E-state index in [4.69, 9.17) is 0 Å². The smallest absolute Gasteiger partial charge is 0.217 e. The number of aromatic amines is 1. The summed E-state index contributed by atoms with van der Waals surface area (Å²) in [6.07, 6.45) is 4.56. The molecule has 2 aromatic rings. The lowest BCUT2D eigenvalue weighted by Crippen LogP contribution is -2.35. The standard InChI is InChI=1S/C12H15N5O/c1-8(18)15-9-3-5-17(7-9)11-6-14-12-10(16-11)2-4-13-12/h2,4,6,9H,3,5,7H2,1H3,(H,13,14)(H,15,18)/t9-/m0/s1. The molecule has 0 aromatic carbocycles. The van der Waals surface area contributed by atoms with Crippen molar-refractivity contribution in [2.24, 2.45) is 0 Å². The van der Waals surface area contributed by atoms with Gasteiger partial charge in [0.1, 0.15) is 11.3 Å². The van der Waals surface area contributed by atoms with Crippen LogP contribution in [0, 0.1) is 0 Å². The van der Waals surface area contributed by atoms with Crippen molar-refractivity contribution in [1.82, 2.24) is 20.3 Å². The van der Waals surface area contributed by atoms with Crippen molar-refractivity contribution >= 4 is 22.9 Å². The summed E-state index contributed by atoms with van der Waals surface area (Å²) in [6, 6.07) is 2.12. The minimum Gasteiger partial charge on any atom is -0.353 e. The van der Waals surface area contributed by atoms with Gasteiger partial charge in [-0.15, -0.1) is 0 Å². The highest BCUT2D eigenvalue weighted by Crippen LogP contribution is 2.19. The second kappa shape index (κ2) is 4.29. The van der Waals surface area contributed by atoms with Gasteiger partial charge in [0.2, 0.25) is 5.91 Å². The van der Waals surface area contributed by atoms with E-state index in [2.05, 4.69) is 25.2 Å². The third-order valence-electron chi connectivity index (χ3n) is 3.17. The van der Waals surface area contributed by atoms with Crippen molar-refractivity contribution in [3.63, 3.8) is 0 Å². The molecule has 1 amide bonds. The van der Waals surface area contributed by atoms with Crippen LogP contribution in [0.5, 0.6) is 0 Å². The summed E-state index contributed by atoms with van der Waals surface area (Å²) in [5.74, 6) is 0.893. The van der Waals surface area contributed by atoms with Gasteiger partial charge in [-0.1, -0.05) is 0 Å². The SMILES string of the molecule is CC(=O)N[C@H]1CCN(c2cnc3[nH]ccc3n2)C1. The molecule has 18 heavy (non-hydrogen) atoms. The molecule has 1 fully saturated rings. The van der Waals surface area contributed by atoms with Crippen molar-refractivity contribution in [2.45, 2.75) is 19.4 Å². The third kappa shape index (κ3) is 2.01. The maximum Gasteiger partial charge on any atom is 0.217 e. The van der Waals surface area contributed by atoms with Crippen LogP contribution in [0.1, 0.15) is 13.3 Å². The highest BCUT2D eigenvalue weighted by atomic mass is 16.1. The average molecular weight is 245 g/mol. The van der Waals surface area contributed by atoms with Gasteiger partial charge in [-0.05, 0) is 12.5 Å². The lowest BCUT2D eigenvalue weighted by atomic mass is 10.3. The van der Waals surface area contributed by atoms with Gasteiger partial charge in [0.05, 0.1) is 6.20 Å². The van der Waals surface area contributed by atoms with Gasteiger partial charge in [-0.2, -0.15) is 0 Å². The predicted molar refractivity (Wildman–Crippen MR) is 68.3 cm³/mol. The molecule has 2 aromatic heterocycles. The third-order valence-corrected chi connectivity index (χ3v) is 3.17. The number of hydrogen-bond donors (Lipinski definition) is 2. The van der Waals surface area contributed by atoms with Gasteiger partial charge in [0, 0.05) is 32.3 Å². The first-order valence-electron chi connectivity index (χ1n) is 6.04. The Morgan fingerprint density at radius 1 is 1.61 bits per heavy atom. The van der Waals surface area contributed by atoms with Crippen LogP contribution in [0.25, 0.3) is 11.2 Å². The van der Waals surface area contributed by atoms with Crippen LogP contribution in [-0.4, -0.2) is 40.0 Å². The first-order valence-corrected chi connectivity index (χ1v) is 6.04. The van der Waals surface area contributed by atoms with Crippen molar-refractivity contribution < 1.29 is 4.79 Å². The molecule has 1 atom stereocenters. The maximum atomic E-state index is 11.0. The summed E-state index contributed by atoms with van der Waals surface area (Å²) in [4.78, 5) is 25.1. The van der Waals surface area contributed by atoms with Gasteiger partial charge >= 0.3 is 0 Å². The Kier molecular flexibility index (Phi) is 2.62. The highest BCUT2D eigenvalue weighted by Gasteiger charge is 2.24. The van der Waals surface area contributed by atoms with Gasteiger partial charge in [0.15, 0.2) is 5.65 Å². The zero-order valence-electron chi connectivity index (χ0n) is 10.2. The molecule has 0 spiro atoms. The molecule has 2 N–H and O–H groups in total. The molecule has 6 heteroatoms. The number of carbonyl (C=O) groups is 1. The zero-order chi connectivity index (χ0) is 12.5. The molecule has 3 heterocycles. The van der Waals surface area contributed by atoms with E-state index >= 15 is 0 Å². The van der Waals surface area contributed by atoms with E-state index in [1.165, 1.54) is 0 Å². The van der Waals surface area contributed by atoms with Crippen LogP contribution in [-0.2, 0) is 4.79 Å². The summed E-state index contributed by atoms with van der Waals surface area (Å²) >= 11 is 0. The predicted octanol–water partition coefficient (Wildman–Crippen LogP) is 0.673. The number of carbonyl (C=O) groups excluding carboxylic acids is 1. The van der Waals surface area contributed by atoms with Crippen molar-refractivity contribution in [2.75, 3.05) is 18.0 Å². The fourth-order valence-corrected chi connectivity index (χ4v) is 2.35. The first kappa shape index (κ1) is 11.0. The zero-order valence-corrected chi connectivity index (χ0v) is 10.2. The Morgan fingerprint density at radius 3 is 3.33 bits per heavy atom. The van der Waals surface area contributed by atoms with E-state index < -0.39 is 0 Å². The van der Waals surface area contributed by atoms with E-state index in [-0.39, 0.29) is 11.9 Å². The van der Waals surface area contributed by atoms with E-state index in [1.807, 2.05) is 12.3 Å². The van der Waals surface area contributed by atoms with E-state index in [0.717, 1.165) is 36.5 Å². The second-order valence-corrected chi connectivity index (χ2v) is 4.57. The fourth-order valence-electron chi connectivity index (χ4n) is 2.35. The van der Waals surface area contributed by atoms with Crippen LogP contribution in [0.3, 0.4) is 0 Å². The largest absolute Gasteiger partial charge is 0.353 e. The maximum absolute atomic E-state index is 11.0. The lowest BCUT2D eigenvalue weighted by molar-refractivity contribution is -0.119. The van der Waals surface area contributed by atoms with E-state index in [9.17, 15) is 4.79 Å². The molecular formula is C12H15N5O. The number of aromatic nitrogens is 3. The first-order chi connectivity index (χ1) is 8.72. The number of nitrogens with zero attached hydrogens (tertiary/aromatic N) is 3. The van der Waals surface area contributed by atoms with Gasteiger partial charge in [-0.25, -0.2) is 9.97 Å². The topological polar surface area (TPSA) is 73.9 Å². The molecule has 0 bridgehead atoms. The van der Waals surface area contributed by atoms with E-state index in [0.29, 0.717) is 0 Å². The molecule has 94 valence electrons. The van der Waals surface area contributed by atoms with Crippen molar-refractivity contribution in [3.05, 3.63) is 18.5 Å². The number of amides is 1. The second-order valence-electron chi connectivity index (χ2n) is 4.57. The van der Waals surface area contributed by atoms with Crippen LogP contribution >= 0.6 is 0 Å². The summed E-state index contributed by atoms with van der Waals surface area (Å²) in [7, 11) is 0. The monoisotopic (exact) mass is 245 g/mol. The summed E-state index contributed by atoms with van der Waals surface area (Å²) in [5.41, 5.74) is 1.67. The quantitative estimate of drug-likeness (QED) is 0.815. The molecule has 3 rings (SSSR count). The van der Waals surface area contributed by atoms with Crippen LogP contribution in [0.2, 0.25) is 0 Å². The molecule has 0 aliphatic carbocycles. The Labute approximate surface area is 104 Å². The Bertz CT molecular complexity index is 579. The Hall–Kier alpha value is -2.11. The Morgan fingerprint density at radius 2 is 2.50 bits per heavy atom. The number of anilines is 1.